The van der Waals surface area contributed by atoms with E-state index in [9.17, 15) is 14.4 Å². The molecule has 0 spiro atoms. The van der Waals surface area contributed by atoms with Crippen molar-refractivity contribution in [1.29, 1.82) is 0 Å². The average molecular weight is 703 g/mol. The van der Waals surface area contributed by atoms with Crippen molar-refractivity contribution in [1.82, 2.24) is 4.57 Å². The highest BCUT2D eigenvalue weighted by molar-refractivity contribution is 14.1. The maximum absolute atomic E-state index is 14.1. The topological polar surface area (TPSA) is 96.2 Å². The summed E-state index contributed by atoms with van der Waals surface area (Å²) in [4.78, 5) is 44.5. The molecular formula is C32H35IN2O6S. The van der Waals surface area contributed by atoms with Gasteiger partial charge >= 0.3 is 11.9 Å². The molecule has 0 bridgehead atoms. The van der Waals surface area contributed by atoms with E-state index in [0.29, 0.717) is 60.2 Å². The summed E-state index contributed by atoms with van der Waals surface area (Å²) in [6.45, 7) is 11.8. The first kappa shape index (κ1) is 31.7. The molecule has 0 N–H and O–H groups in total. The Kier molecular flexibility index (Phi) is 10.4. The molecule has 222 valence electrons. The Hall–Kier alpha value is -3.25. The highest BCUT2D eigenvalue weighted by atomic mass is 127. The van der Waals surface area contributed by atoms with Gasteiger partial charge in [-0.3, -0.25) is 14.2 Å². The minimum absolute atomic E-state index is 0.218. The number of benzene rings is 2. The Morgan fingerprint density at radius 2 is 1.83 bits per heavy atom. The molecule has 0 aliphatic carbocycles. The highest BCUT2D eigenvalue weighted by Gasteiger charge is 2.34. The van der Waals surface area contributed by atoms with Gasteiger partial charge in [-0.05, 0) is 83.7 Å². The summed E-state index contributed by atoms with van der Waals surface area (Å²) in [5.74, 6) is 0.187. The molecule has 10 heteroatoms. The van der Waals surface area contributed by atoms with E-state index in [0.717, 1.165) is 12.0 Å². The maximum atomic E-state index is 14.1. The zero-order chi connectivity index (χ0) is 30.6. The van der Waals surface area contributed by atoms with E-state index in [1.807, 2.05) is 44.2 Å². The molecule has 0 saturated carbocycles. The van der Waals surface area contributed by atoms with Gasteiger partial charge in [-0.15, -0.1) is 0 Å². The predicted octanol–water partition coefficient (Wildman–Crippen LogP) is 5.63. The number of nitrogens with zero attached hydrogens (tertiary/aromatic N) is 2. The molecule has 0 saturated heterocycles. The fraction of sp³-hybridized carbons (Fsp3) is 0.375. The number of allylic oxidation sites excluding steroid dienone is 1. The summed E-state index contributed by atoms with van der Waals surface area (Å²) in [6.07, 6.45) is 3.13. The van der Waals surface area contributed by atoms with Crippen molar-refractivity contribution in [3.05, 3.63) is 87.6 Å². The van der Waals surface area contributed by atoms with Gasteiger partial charge in [0.25, 0.3) is 5.56 Å². The lowest BCUT2D eigenvalue weighted by atomic mass is 9.92. The molecule has 0 unspecified atom stereocenters. The number of hydrogen-bond acceptors (Lipinski definition) is 8. The second-order valence-corrected chi connectivity index (χ2v) is 12.3. The molecule has 8 nitrogen and oxygen atoms in total. The van der Waals surface area contributed by atoms with E-state index in [1.54, 1.807) is 23.6 Å². The Labute approximate surface area is 262 Å². The first-order valence-corrected chi connectivity index (χ1v) is 16.0. The van der Waals surface area contributed by atoms with Crippen LogP contribution in [0, 0.1) is 3.57 Å². The van der Waals surface area contributed by atoms with Crippen LogP contribution in [0.5, 0.6) is 11.5 Å². The van der Waals surface area contributed by atoms with E-state index >= 15 is 0 Å². The SMILES string of the molecule is CCCC1=C(C(=O)OCC)[C@@H](c2ccc(C(C)C)cc2)n2c(s/c(=C\c3cc(I)c(OC(C)=O)c(OCC)c3)c2=O)=N1. The molecule has 2 heterocycles. The molecule has 4 rings (SSSR count). The van der Waals surface area contributed by atoms with Gasteiger partial charge < -0.3 is 14.2 Å². The second-order valence-electron chi connectivity index (χ2n) is 10.1. The quantitative estimate of drug-likeness (QED) is 0.155. The highest BCUT2D eigenvalue weighted by Crippen LogP contribution is 2.35. The third kappa shape index (κ3) is 6.70. The molecule has 42 heavy (non-hydrogen) atoms. The standard InChI is InChI=1S/C32H35IN2O6S/c1-7-10-24-27(31(38)40-9-3)28(22-13-11-21(12-14-22)18(4)5)35-30(37)26(42-32(35)34-24)17-20-15-23(33)29(41-19(6)36)25(16-20)39-8-2/h11-18,28H,7-10H2,1-6H3/b26-17-/t28-/m1/s1. The van der Waals surface area contributed by atoms with E-state index in [4.69, 9.17) is 19.2 Å². The van der Waals surface area contributed by atoms with Crippen LogP contribution in [0.4, 0.5) is 0 Å². The van der Waals surface area contributed by atoms with Crippen LogP contribution in [0.15, 0.2) is 57.5 Å². The third-order valence-corrected chi connectivity index (χ3v) is 8.47. The van der Waals surface area contributed by atoms with Crippen LogP contribution in [0.25, 0.3) is 6.08 Å². The van der Waals surface area contributed by atoms with E-state index in [2.05, 4.69) is 36.4 Å². The van der Waals surface area contributed by atoms with Gasteiger partial charge in [-0.1, -0.05) is 62.8 Å². The van der Waals surface area contributed by atoms with Gasteiger partial charge in [0.15, 0.2) is 16.3 Å². The lowest BCUT2D eigenvalue weighted by Crippen LogP contribution is -2.40. The van der Waals surface area contributed by atoms with Gasteiger partial charge in [0, 0.05) is 6.92 Å². The molecule has 1 atom stereocenters. The van der Waals surface area contributed by atoms with E-state index in [1.165, 1.54) is 23.8 Å². The van der Waals surface area contributed by atoms with Crippen molar-refractivity contribution in [2.75, 3.05) is 13.2 Å². The lowest BCUT2D eigenvalue weighted by molar-refractivity contribution is -0.139. The number of fused-ring (bicyclic) bond motifs is 1. The average Bonchev–Trinajstić information content (AvgIpc) is 3.24. The minimum Gasteiger partial charge on any atom is -0.490 e. The van der Waals surface area contributed by atoms with Gasteiger partial charge in [0.1, 0.15) is 0 Å². The van der Waals surface area contributed by atoms with Crippen LogP contribution in [0.3, 0.4) is 0 Å². The zero-order valence-electron chi connectivity index (χ0n) is 24.7. The molecule has 1 aliphatic rings. The number of hydrogen-bond donors (Lipinski definition) is 0. The van der Waals surface area contributed by atoms with Crippen molar-refractivity contribution in [2.24, 2.45) is 4.99 Å². The Bertz CT molecular complexity index is 1700. The van der Waals surface area contributed by atoms with Gasteiger partial charge in [-0.25, -0.2) is 9.79 Å². The maximum Gasteiger partial charge on any atom is 0.338 e. The number of ether oxygens (including phenoxy) is 3. The predicted molar refractivity (Wildman–Crippen MR) is 172 cm³/mol. The molecule has 2 aromatic carbocycles. The summed E-state index contributed by atoms with van der Waals surface area (Å²) in [7, 11) is 0. The fourth-order valence-corrected chi connectivity index (χ4v) is 6.58. The summed E-state index contributed by atoms with van der Waals surface area (Å²) in [5, 5.41) is 0. The van der Waals surface area contributed by atoms with Crippen LogP contribution < -0.4 is 24.4 Å². The molecule has 0 radical (unpaired) electrons. The van der Waals surface area contributed by atoms with Gasteiger partial charge in [0.05, 0.1) is 38.6 Å². The smallest absolute Gasteiger partial charge is 0.338 e. The summed E-state index contributed by atoms with van der Waals surface area (Å²) >= 11 is 3.36. The number of carbonyl (C=O) groups is 2. The fourth-order valence-electron chi connectivity index (χ4n) is 4.83. The Balaban J connectivity index is 1.95. The number of aromatic nitrogens is 1. The van der Waals surface area contributed by atoms with Crippen LogP contribution >= 0.6 is 33.9 Å². The Morgan fingerprint density at radius 1 is 1.12 bits per heavy atom. The molecular weight excluding hydrogens is 667 g/mol. The van der Waals surface area contributed by atoms with Gasteiger partial charge in [0.2, 0.25) is 0 Å². The number of esters is 2. The third-order valence-electron chi connectivity index (χ3n) is 6.69. The normalized spacial score (nSPS) is 15.0. The van der Waals surface area contributed by atoms with Crippen LogP contribution in [-0.2, 0) is 14.3 Å². The summed E-state index contributed by atoms with van der Waals surface area (Å²) < 4.78 is 19.4. The van der Waals surface area contributed by atoms with Gasteiger partial charge in [-0.2, -0.15) is 0 Å². The lowest BCUT2D eigenvalue weighted by Gasteiger charge is -2.26. The van der Waals surface area contributed by atoms with Crippen molar-refractivity contribution in [3.8, 4) is 11.5 Å². The molecule has 1 aromatic heterocycles. The van der Waals surface area contributed by atoms with Crippen molar-refractivity contribution in [3.63, 3.8) is 0 Å². The number of halogens is 1. The van der Waals surface area contributed by atoms with Crippen molar-refractivity contribution >= 4 is 51.9 Å². The number of rotatable bonds is 10. The van der Waals surface area contributed by atoms with Crippen LogP contribution in [-0.4, -0.2) is 29.7 Å². The summed E-state index contributed by atoms with van der Waals surface area (Å²) in [5.41, 5.74) is 3.47. The Morgan fingerprint density at radius 3 is 2.43 bits per heavy atom. The summed E-state index contributed by atoms with van der Waals surface area (Å²) in [6, 6.07) is 11.0. The zero-order valence-corrected chi connectivity index (χ0v) is 27.6. The number of carbonyl (C=O) groups excluding carboxylic acids is 2. The van der Waals surface area contributed by atoms with Crippen molar-refractivity contribution in [2.45, 2.75) is 66.3 Å². The first-order chi connectivity index (χ1) is 20.1. The molecule has 3 aromatic rings. The molecule has 0 fully saturated rings. The largest absolute Gasteiger partial charge is 0.490 e. The van der Waals surface area contributed by atoms with Crippen LogP contribution in [0.2, 0.25) is 0 Å². The second kappa shape index (κ2) is 13.8. The van der Waals surface area contributed by atoms with E-state index < -0.39 is 18.0 Å². The monoisotopic (exact) mass is 702 g/mol. The van der Waals surface area contributed by atoms with E-state index in [-0.39, 0.29) is 12.2 Å². The van der Waals surface area contributed by atoms with Crippen molar-refractivity contribution < 1.29 is 23.8 Å². The molecule has 0 amide bonds. The van der Waals surface area contributed by atoms with Crippen LogP contribution in [0.1, 0.15) is 83.0 Å². The first-order valence-electron chi connectivity index (χ1n) is 14.1. The number of thiazole rings is 1. The minimum atomic E-state index is -0.671. The molecule has 1 aliphatic heterocycles.